The topological polar surface area (TPSA) is 58.6 Å². The number of ether oxygens (including phenoxy) is 1. The van der Waals surface area contributed by atoms with Gasteiger partial charge >= 0.3 is 0 Å². The van der Waals surface area contributed by atoms with Gasteiger partial charge in [0.05, 0.1) is 5.69 Å². The number of carbonyl (C=O) groups is 2. The van der Waals surface area contributed by atoms with E-state index in [1.807, 2.05) is 32.0 Å². The maximum atomic E-state index is 12.5. The average molecular weight is 288 g/mol. The number of anilines is 1. The summed E-state index contributed by atoms with van der Waals surface area (Å²) in [5.41, 5.74) is 0.633. The smallest absolute Gasteiger partial charge is 0.268 e. The highest BCUT2D eigenvalue weighted by molar-refractivity contribution is 6.03. The van der Waals surface area contributed by atoms with Crippen LogP contribution in [0.25, 0.3) is 0 Å². The van der Waals surface area contributed by atoms with Crippen molar-refractivity contribution in [3.63, 3.8) is 0 Å². The molecule has 0 aliphatic carbocycles. The number of rotatable bonds is 5. The fourth-order valence-corrected chi connectivity index (χ4v) is 2.21. The summed E-state index contributed by atoms with van der Waals surface area (Å²) in [6.07, 6.45) is 1.04. The number of amides is 2. The minimum atomic E-state index is -0.563. The zero-order valence-electron chi connectivity index (χ0n) is 12.3. The first kappa shape index (κ1) is 15.1. The van der Waals surface area contributed by atoms with Crippen molar-refractivity contribution in [1.29, 1.82) is 0 Å². The van der Waals surface area contributed by atoms with E-state index in [0.29, 0.717) is 18.0 Å². The van der Waals surface area contributed by atoms with Crippen LogP contribution in [-0.2, 0) is 9.59 Å². The third-order valence-electron chi connectivity index (χ3n) is 3.27. The van der Waals surface area contributed by atoms with Gasteiger partial charge in [0.25, 0.3) is 5.91 Å². The summed E-state index contributed by atoms with van der Waals surface area (Å²) in [7, 11) is 0. The molecule has 0 saturated heterocycles. The van der Waals surface area contributed by atoms with Crippen molar-refractivity contribution in [1.82, 2.24) is 5.32 Å². The molecule has 0 radical (unpaired) electrons. The van der Waals surface area contributed by atoms with Gasteiger partial charge in [-0.1, -0.05) is 32.1 Å². The van der Waals surface area contributed by atoms with Crippen LogP contribution in [-0.4, -0.2) is 31.0 Å². The molecule has 0 fully saturated rings. The molecule has 0 unspecified atom stereocenters. The van der Waals surface area contributed by atoms with Crippen LogP contribution in [0.2, 0.25) is 0 Å². The lowest BCUT2D eigenvalue weighted by Gasteiger charge is -2.35. The van der Waals surface area contributed by atoms with E-state index in [9.17, 15) is 9.59 Å². The number of nitrogens with one attached hydrogen (secondary N) is 1. The molecule has 5 nitrogen and oxygen atoms in total. The second-order valence-corrected chi connectivity index (χ2v) is 5.27. The molecule has 0 bridgehead atoms. The lowest BCUT2D eigenvalue weighted by Crippen LogP contribution is -2.51. The van der Waals surface area contributed by atoms with Crippen LogP contribution in [0.3, 0.4) is 0 Å². The van der Waals surface area contributed by atoms with Crippen LogP contribution >= 0.6 is 0 Å². The highest BCUT2D eigenvalue weighted by atomic mass is 16.5. The molecule has 1 atom stereocenters. The SMILES string of the molecule is C=CCNC(=O)CN1C(=O)[C@@H](C(C)C)Oc2ccccc21. The number of para-hydroxylation sites is 2. The molecule has 112 valence electrons. The summed E-state index contributed by atoms with van der Waals surface area (Å²) < 4.78 is 5.76. The largest absolute Gasteiger partial charge is 0.478 e. The summed E-state index contributed by atoms with van der Waals surface area (Å²) in [6.45, 7) is 7.76. The molecule has 2 rings (SSSR count). The van der Waals surface area contributed by atoms with Crippen LogP contribution in [0, 0.1) is 5.92 Å². The Morgan fingerprint density at radius 1 is 1.48 bits per heavy atom. The maximum absolute atomic E-state index is 12.5. The van der Waals surface area contributed by atoms with Crippen LogP contribution in [0.15, 0.2) is 36.9 Å². The summed E-state index contributed by atoms with van der Waals surface area (Å²) in [5, 5.41) is 2.68. The molecule has 1 N–H and O–H groups in total. The molecule has 0 spiro atoms. The fourth-order valence-electron chi connectivity index (χ4n) is 2.21. The Balaban J connectivity index is 2.26. The Hall–Kier alpha value is -2.30. The first-order valence-electron chi connectivity index (χ1n) is 6.99. The average Bonchev–Trinajstić information content (AvgIpc) is 2.47. The van der Waals surface area contributed by atoms with Crippen molar-refractivity contribution in [2.75, 3.05) is 18.0 Å². The Bertz CT molecular complexity index is 554. The first-order valence-corrected chi connectivity index (χ1v) is 6.99. The predicted molar refractivity (Wildman–Crippen MR) is 81.3 cm³/mol. The lowest BCUT2D eigenvalue weighted by molar-refractivity contribution is -0.130. The summed E-state index contributed by atoms with van der Waals surface area (Å²) in [4.78, 5) is 25.9. The van der Waals surface area contributed by atoms with Crippen LogP contribution in [0.5, 0.6) is 5.75 Å². The second-order valence-electron chi connectivity index (χ2n) is 5.27. The van der Waals surface area contributed by atoms with Gasteiger partial charge in [-0.05, 0) is 18.1 Å². The van der Waals surface area contributed by atoms with Gasteiger partial charge in [0.15, 0.2) is 6.10 Å². The molecular formula is C16H20N2O3. The summed E-state index contributed by atoms with van der Waals surface area (Å²) in [6, 6.07) is 7.26. The van der Waals surface area contributed by atoms with Gasteiger partial charge in [0.1, 0.15) is 12.3 Å². The van der Waals surface area contributed by atoms with Crippen LogP contribution in [0.4, 0.5) is 5.69 Å². The predicted octanol–water partition coefficient (Wildman–Crippen LogP) is 1.74. The van der Waals surface area contributed by atoms with Gasteiger partial charge in [0.2, 0.25) is 5.91 Å². The van der Waals surface area contributed by atoms with E-state index >= 15 is 0 Å². The van der Waals surface area contributed by atoms with Gasteiger partial charge in [-0.25, -0.2) is 0 Å². The van der Waals surface area contributed by atoms with E-state index in [0.717, 1.165) is 0 Å². The Morgan fingerprint density at radius 2 is 2.19 bits per heavy atom. The zero-order chi connectivity index (χ0) is 15.4. The molecule has 1 aliphatic heterocycles. The molecule has 5 heteroatoms. The van der Waals surface area contributed by atoms with E-state index in [1.54, 1.807) is 12.1 Å². The second kappa shape index (κ2) is 6.43. The van der Waals surface area contributed by atoms with Gasteiger partial charge in [-0.3, -0.25) is 14.5 Å². The Morgan fingerprint density at radius 3 is 2.86 bits per heavy atom. The number of hydrogen-bond donors (Lipinski definition) is 1. The molecule has 2 amide bonds. The molecule has 21 heavy (non-hydrogen) atoms. The summed E-state index contributed by atoms with van der Waals surface area (Å²) >= 11 is 0. The van der Waals surface area contributed by atoms with E-state index < -0.39 is 6.10 Å². The minimum absolute atomic E-state index is 0.0176. The Kier molecular flexibility index (Phi) is 4.62. The van der Waals surface area contributed by atoms with Crippen molar-refractivity contribution in [2.45, 2.75) is 20.0 Å². The van der Waals surface area contributed by atoms with E-state index in [4.69, 9.17) is 4.74 Å². The molecule has 1 aliphatic rings. The molecule has 1 heterocycles. The van der Waals surface area contributed by atoms with Crippen LogP contribution < -0.4 is 15.0 Å². The third-order valence-corrected chi connectivity index (χ3v) is 3.27. The lowest BCUT2D eigenvalue weighted by atomic mass is 10.0. The molecule has 0 saturated carbocycles. The summed E-state index contributed by atoms with van der Waals surface area (Å²) in [5.74, 6) is 0.261. The van der Waals surface area contributed by atoms with E-state index in [-0.39, 0.29) is 24.3 Å². The highest BCUT2D eigenvalue weighted by Crippen LogP contribution is 2.35. The first-order chi connectivity index (χ1) is 10.0. The molecule has 0 aromatic heterocycles. The van der Waals surface area contributed by atoms with Gasteiger partial charge < -0.3 is 10.1 Å². The number of fused-ring (bicyclic) bond motifs is 1. The fraction of sp³-hybridized carbons (Fsp3) is 0.375. The van der Waals surface area contributed by atoms with Crippen molar-refractivity contribution in [3.05, 3.63) is 36.9 Å². The number of nitrogens with zero attached hydrogens (tertiary/aromatic N) is 1. The standard InChI is InChI=1S/C16H20N2O3/c1-4-9-17-14(19)10-18-12-7-5-6-8-13(12)21-15(11(2)3)16(18)20/h4-8,11,15H,1,9-10H2,2-3H3,(H,17,19)/t15-/m1/s1. The van der Waals surface area contributed by atoms with Gasteiger partial charge in [0, 0.05) is 6.54 Å². The zero-order valence-corrected chi connectivity index (χ0v) is 12.3. The number of hydrogen-bond acceptors (Lipinski definition) is 3. The molecular weight excluding hydrogens is 268 g/mol. The van der Waals surface area contributed by atoms with E-state index in [1.165, 1.54) is 4.90 Å². The Labute approximate surface area is 124 Å². The third kappa shape index (κ3) is 3.24. The van der Waals surface area contributed by atoms with E-state index in [2.05, 4.69) is 11.9 Å². The van der Waals surface area contributed by atoms with Gasteiger partial charge in [-0.15, -0.1) is 6.58 Å². The molecule has 1 aromatic rings. The highest BCUT2D eigenvalue weighted by Gasteiger charge is 2.36. The van der Waals surface area contributed by atoms with Crippen molar-refractivity contribution < 1.29 is 14.3 Å². The normalized spacial score (nSPS) is 17.2. The number of benzene rings is 1. The van der Waals surface area contributed by atoms with Crippen molar-refractivity contribution in [2.24, 2.45) is 5.92 Å². The van der Waals surface area contributed by atoms with Crippen molar-refractivity contribution in [3.8, 4) is 5.75 Å². The number of carbonyl (C=O) groups excluding carboxylic acids is 2. The quantitative estimate of drug-likeness (QED) is 0.840. The molecule has 1 aromatic carbocycles. The maximum Gasteiger partial charge on any atom is 0.268 e. The van der Waals surface area contributed by atoms with Crippen LogP contribution in [0.1, 0.15) is 13.8 Å². The monoisotopic (exact) mass is 288 g/mol. The van der Waals surface area contributed by atoms with Gasteiger partial charge in [-0.2, -0.15) is 0 Å². The van der Waals surface area contributed by atoms with Crippen molar-refractivity contribution >= 4 is 17.5 Å². The minimum Gasteiger partial charge on any atom is -0.478 e.